The standard InChI is InChI=1S/C24H26N2O5S/c1-3-4-7-22-25-14-18(12-17(23(28)29)13-19-6-5-10-32-19)26(22)15-16-8-9-20(21(27)11-16)24(30)31-2/h5-6,8-12,14,27H,3-4,7,13,15H2,1-2H3,(H,28,29)/b17-12+. The monoisotopic (exact) mass is 454 g/mol. The van der Waals surface area contributed by atoms with Crippen LogP contribution in [0.4, 0.5) is 0 Å². The first kappa shape index (κ1) is 23.3. The van der Waals surface area contributed by atoms with Gasteiger partial charge in [0.15, 0.2) is 0 Å². The molecule has 0 fully saturated rings. The molecule has 2 aromatic heterocycles. The molecule has 0 spiro atoms. The van der Waals surface area contributed by atoms with Crippen LogP contribution >= 0.6 is 11.3 Å². The van der Waals surface area contributed by atoms with E-state index in [-0.39, 0.29) is 16.9 Å². The number of hydrogen-bond donors (Lipinski definition) is 2. The lowest BCUT2D eigenvalue weighted by Gasteiger charge is -2.12. The van der Waals surface area contributed by atoms with Gasteiger partial charge in [0.25, 0.3) is 0 Å². The van der Waals surface area contributed by atoms with E-state index in [1.165, 1.54) is 30.6 Å². The molecule has 0 amide bonds. The molecule has 0 radical (unpaired) electrons. The minimum atomic E-state index is -0.971. The van der Waals surface area contributed by atoms with Crippen LogP contribution < -0.4 is 0 Å². The Balaban J connectivity index is 1.96. The normalized spacial score (nSPS) is 11.5. The topological polar surface area (TPSA) is 102 Å². The summed E-state index contributed by atoms with van der Waals surface area (Å²) in [5.41, 5.74) is 1.81. The van der Waals surface area contributed by atoms with E-state index < -0.39 is 11.9 Å². The molecule has 3 rings (SSSR count). The molecule has 2 heterocycles. The molecule has 168 valence electrons. The number of phenols is 1. The highest BCUT2D eigenvalue weighted by atomic mass is 32.1. The fourth-order valence-electron chi connectivity index (χ4n) is 3.37. The summed E-state index contributed by atoms with van der Waals surface area (Å²) in [7, 11) is 1.26. The van der Waals surface area contributed by atoms with E-state index in [0.29, 0.717) is 18.7 Å². The highest BCUT2D eigenvalue weighted by Crippen LogP contribution is 2.23. The van der Waals surface area contributed by atoms with Crippen molar-refractivity contribution in [2.24, 2.45) is 0 Å². The zero-order valence-electron chi connectivity index (χ0n) is 18.1. The van der Waals surface area contributed by atoms with Gasteiger partial charge in [0, 0.05) is 29.8 Å². The zero-order valence-corrected chi connectivity index (χ0v) is 18.9. The number of aromatic nitrogens is 2. The van der Waals surface area contributed by atoms with Crippen LogP contribution in [0.1, 0.15) is 52.1 Å². The summed E-state index contributed by atoms with van der Waals surface area (Å²) in [6.07, 6.45) is 6.39. The summed E-state index contributed by atoms with van der Waals surface area (Å²) in [4.78, 5) is 29.1. The Morgan fingerprint density at radius 2 is 2.09 bits per heavy atom. The summed E-state index contributed by atoms with van der Waals surface area (Å²) in [5, 5.41) is 21.9. The molecule has 32 heavy (non-hydrogen) atoms. The van der Waals surface area contributed by atoms with Crippen molar-refractivity contribution in [1.82, 2.24) is 9.55 Å². The van der Waals surface area contributed by atoms with Gasteiger partial charge < -0.3 is 19.5 Å². The second kappa shape index (κ2) is 10.8. The second-order valence-corrected chi connectivity index (χ2v) is 8.40. The molecule has 3 aromatic rings. The zero-order chi connectivity index (χ0) is 23.1. The van der Waals surface area contributed by atoms with Crippen molar-refractivity contribution in [1.29, 1.82) is 0 Å². The van der Waals surface area contributed by atoms with Crippen molar-refractivity contribution in [3.05, 3.63) is 75.0 Å². The number of methoxy groups -OCH3 is 1. The van der Waals surface area contributed by atoms with Gasteiger partial charge in [-0.05, 0) is 41.6 Å². The lowest BCUT2D eigenvalue weighted by Crippen LogP contribution is -2.10. The third-order valence-electron chi connectivity index (χ3n) is 5.07. The molecule has 0 bridgehead atoms. The number of esters is 1. The first-order chi connectivity index (χ1) is 15.4. The summed E-state index contributed by atoms with van der Waals surface area (Å²) >= 11 is 1.52. The number of carbonyl (C=O) groups is 2. The van der Waals surface area contributed by atoms with Gasteiger partial charge in [-0.15, -0.1) is 11.3 Å². The number of unbranched alkanes of at least 4 members (excludes halogenated alkanes) is 1. The molecule has 0 aliphatic heterocycles. The predicted molar refractivity (Wildman–Crippen MR) is 123 cm³/mol. The molecule has 0 aliphatic carbocycles. The van der Waals surface area contributed by atoms with Crippen LogP contribution in [-0.2, 0) is 28.9 Å². The van der Waals surface area contributed by atoms with E-state index in [4.69, 9.17) is 0 Å². The van der Waals surface area contributed by atoms with Gasteiger partial charge in [0.1, 0.15) is 17.1 Å². The van der Waals surface area contributed by atoms with Gasteiger partial charge in [0.2, 0.25) is 0 Å². The summed E-state index contributed by atoms with van der Waals surface area (Å²) in [6.45, 7) is 2.48. The van der Waals surface area contributed by atoms with E-state index in [1.54, 1.807) is 18.3 Å². The Morgan fingerprint density at radius 1 is 1.28 bits per heavy atom. The third-order valence-corrected chi connectivity index (χ3v) is 5.95. The lowest BCUT2D eigenvalue weighted by molar-refractivity contribution is -0.132. The summed E-state index contributed by atoms with van der Waals surface area (Å²) in [6, 6.07) is 8.60. The maximum absolute atomic E-state index is 11.9. The summed E-state index contributed by atoms with van der Waals surface area (Å²) in [5.74, 6) is -0.897. The number of carbonyl (C=O) groups excluding carboxylic acids is 1. The van der Waals surface area contributed by atoms with Gasteiger partial charge in [-0.3, -0.25) is 0 Å². The maximum atomic E-state index is 11.9. The number of imidazole rings is 1. The van der Waals surface area contributed by atoms with Crippen molar-refractivity contribution in [3.63, 3.8) is 0 Å². The molecule has 8 heteroatoms. The fourth-order valence-corrected chi connectivity index (χ4v) is 4.10. The van der Waals surface area contributed by atoms with Crippen LogP contribution in [0.5, 0.6) is 5.75 Å². The number of hydrogen-bond acceptors (Lipinski definition) is 6. The SMILES string of the molecule is CCCCc1ncc(/C=C(\Cc2cccs2)C(=O)O)n1Cc1ccc(C(=O)OC)c(O)c1. The number of phenolic OH excluding ortho intramolecular Hbond substituents is 1. The van der Waals surface area contributed by atoms with Crippen molar-refractivity contribution in [3.8, 4) is 5.75 Å². The fraction of sp³-hybridized carbons (Fsp3) is 0.292. The number of ether oxygens (including phenoxy) is 1. The Kier molecular flexibility index (Phi) is 7.83. The number of aryl methyl sites for hydroxylation is 1. The second-order valence-electron chi connectivity index (χ2n) is 7.36. The van der Waals surface area contributed by atoms with Crippen LogP contribution in [0.15, 0.2) is 47.5 Å². The molecule has 0 atom stereocenters. The Bertz CT molecular complexity index is 1120. The van der Waals surface area contributed by atoms with Gasteiger partial charge >= 0.3 is 11.9 Å². The predicted octanol–water partition coefficient (Wildman–Crippen LogP) is 4.54. The van der Waals surface area contributed by atoms with Gasteiger partial charge in [-0.1, -0.05) is 25.5 Å². The number of benzene rings is 1. The number of carboxylic acid groups (broad SMARTS) is 1. The minimum absolute atomic E-state index is 0.0947. The molecule has 0 unspecified atom stereocenters. The lowest BCUT2D eigenvalue weighted by atomic mass is 10.1. The Hall–Kier alpha value is -3.39. The number of rotatable bonds is 10. The molecular formula is C24H26N2O5S. The van der Waals surface area contributed by atoms with Gasteiger partial charge in [-0.2, -0.15) is 0 Å². The molecular weight excluding hydrogens is 428 g/mol. The number of aliphatic carboxylic acids is 1. The van der Waals surface area contributed by atoms with E-state index in [9.17, 15) is 19.8 Å². The van der Waals surface area contributed by atoms with E-state index in [0.717, 1.165) is 35.5 Å². The molecule has 7 nitrogen and oxygen atoms in total. The molecule has 2 N–H and O–H groups in total. The first-order valence-corrected chi connectivity index (χ1v) is 11.2. The van der Waals surface area contributed by atoms with Gasteiger partial charge in [-0.25, -0.2) is 14.6 Å². The molecule has 1 aromatic carbocycles. The van der Waals surface area contributed by atoms with Crippen LogP contribution in [0, 0.1) is 0 Å². The number of carboxylic acids is 1. The van der Waals surface area contributed by atoms with E-state index in [2.05, 4.69) is 16.6 Å². The number of aromatic hydroxyl groups is 1. The van der Waals surface area contributed by atoms with E-state index in [1.807, 2.05) is 22.1 Å². The smallest absolute Gasteiger partial charge is 0.341 e. The Morgan fingerprint density at radius 3 is 2.72 bits per heavy atom. The maximum Gasteiger partial charge on any atom is 0.341 e. The van der Waals surface area contributed by atoms with Crippen molar-refractivity contribution in [2.75, 3.05) is 7.11 Å². The molecule has 0 saturated heterocycles. The first-order valence-electron chi connectivity index (χ1n) is 10.3. The molecule has 0 aliphatic rings. The summed E-state index contributed by atoms with van der Waals surface area (Å²) < 4.78 is 6.64. The third kappa shape index (κ3) is 5.64. The van der Waals surface area contributed by atoms with Crippen molar-refractivity contribution in [2.45, 2.75) is 39.2 Å². The molecule has 0 saturated carbocycles. The highest BCUT2D eigenvalue weighted by Gasteiger charge is 2.16. The van der Waals surface area contributed by atoms with Crippen LogP contribution in [-0.4, -0.2) is 38.8 Å². The van der Waals surface area contributed by atoms with Crippen molar-refractivity contribution < 1.29 is 24.5 Å². The average molecular weight is 455 g/mol. The number of nitrogens with zero attached hydrogens (tertiary/aromatic N) is 2. The van der Waals surface area contributed by atoms with Crippen molar-refractivity contribution >= 4 is 29.4 Å². The largest absolute Gasteiger partial charge is 0.507 e. The quantitative estimate of drug-likeness (QED) is 0.345. The average Bonchev–Trinajstić information content (AvgIpc) is 3.42. The van der Waals surface area contributed by atoms with Crippen LogP contribution in [0.2, 0.25) is 0 Å². The van der Waals surface area contributed by atoms with Gasteiger partial charge in [0.05, 0.1) is 19.0 Å². The highest BCUT2D eigenvalue weighted by molar-refractivity contribution is 7.09. The minimum Gasteiger partial charge on any atom is -0.507 e. The van der Waals surface area contributed by atoms with Crippen LogP contribution in [0.3, 0.4) is 0 Å². The Labute approximate surface area is 190 Å². The van der Waals surface area contributed by atoms with Crippen LogP contribution in [0.25, 0.3) is 6.08 Å². The van der Waals surface area contributed by atoms with E-state index >= 15 is 0 Å². The number of thiophene rings is 1.